The number of amides is 1. The van der Waals surface area contributed by atoms with Gasteiger partial charge in [0.25, 0.3) is 5.91 Å². The van der Waals surface area contributed by atoms with Gasteiger partial charge < -0.3 is 19.1 Å². The highest BCUT2D eigenvalue weighted by Crippen LogP contribution is 2.24. The van der Waals surface area contributed by atoms with Gasteiger partial charge in [-0.25, -0.2) is 4.79 Å². The van der Waals surface area contributed by atoms with Crippen LogP contribution in [0, 0.1) is 0 Å². The van der Waals surface area contributed by atoms with Crippen LogP contribution in [0.4, 0.5) is 0 Å². The van der Waals surface area contributed by atoms with Gasteiger partial charge in [-0.05, 0) is 48.5 Å². The highest BCUT2D eigenvalue weighted by Gasteiger charge is 2.38. The van der Waals surface area contributed by atoms with Gasteiger partial charge >= 0.3 is 5.97 Å². The van der Waals surface area contributed by atoms with Gasteiger partial charge in [0, 0.05) is 35.1 Å². The lowest BCUT2D eigenvalue weighted by Gasteiger charge is -2.39. The van der Waals surface area contributed by atoms with E-state index in [1.807, 2.05) is 12.1 Å². The third-order valence-electron chi connectivity index (χ3n) is 4.82. The van der Waals surface area contributed by atoms with Gasteiger partial charge in [0.15, 0.2) is 6.29 Å². The normalized spacial score (nSPS) is 21.4. The molecule has 1 fully saturated rings. The van der Waals surface area contributed by atoms with Gasteiger partial charge in [0.05, 0.1) is 18.2 Å². The van der Waals surface area contributed by atoms with Crippen molar-refractivity contribution in [2.75, 3.05) is 20.8 Å². The Balaban J connectivity index is 1.77. The zero-order valence-electron chi connectivity index (χ0n) is 16.0. The van der Waals surface area contributed by atoms with Gasteiger partial charge in [-0.15, -0.1) is 0 Å². The van der Waals surface area contributed by atoms with Gasteiger partial charge in [0.1, 0.15) is 6.10 Å². The van der Waals surface area contributed by atoms with Crippen LogP contribution in [0.5, 0.6) is 0 Å². The highest BCUT2D eigenvalue weighted by atomic mass is 79.9. The molecule has 0 saturated carbocycles. The Morgan fingerprint density at radius 3 is 2.10 bits per heavy atom. The monoisotopic (exact) mass is 525 g/mol. The van der Waals surface area contributed by atoms with Gasteiger partial charge in [-0.1, -0.05) is 31.9 Å². The number of ether oxygens (including phenoxy) is 3. The smallest absolute Gasteiger partial charge is 0.338 e. The lowest BCUT2D eigenvalue weighted by atomic mass is 10.0. The van der Waals surface area contributed by atoms with Crippen molar-refractivity contribution in [3.8, 4) is 0 Å². The first-order valence-electron chi connectivity index (χ1n) is 9.02. The summed E-state index contributed by atoms with van der Waals surface area (Å²) in [6, 6.07) is 13.6. The molecule has 0 spiro atoms. The third kappa shape index (κ3) is 5.45. The van der Waals surface area contributed by atoms with Crippen LogP contribution in [-0.2, 0) is 14.2 Å². The number of hydrogen-bond donors (Lipinski definition) is 0. The number of carbonyl (C=O) groups is 2. The molecular formula is C21H21Br2NO5. The quantitative estimate of drug-likeness (QED) is 0.544. The van der Waals surface area contributed by atoms with Gasteiger partial charge in [0.2, 0.25) is 0 Å². The Morgan fingerprint density at radius 2 is 1.55 bits per heavy atom. The molecule has 1 saturated heterocycles. The molecule has 3 rings (SSSR count). The Kier molecular flexibility index (Phi) is 7.45. The summed E-state index contributed by atoms with van der Waals surface area (Å²) in [6.07, 6.45) is -0.721. The minimum absolute atomic E-state index is 0.174. The molecule has 0 aliphatic carbocycles. The van der Waals surface area contributed by atoms with Crippen molar-refractivity contribution in [3.05, 3.63) is 68.6 Å². The topological polar surface area (TPSA) is 65.1 Å². The highest BCUT2D eigenvalue weighted by molar-refractivity contribution is 9.10. The summed E-state index contributed by atoms with van der Waals surface area (Å²) >= 11 is 6.72. The minimum atomic E-state index is -0.561. The summed E-state index contributed by atoms with van der Waals surface area (Å²) in [4.78, 5) is 27.1. The summed E-state index contributed by atoms with van der Waals surface area (Å²) in [6.45, 7) is 0.204. The van der Waals surface area contributed by atoms with Crippen LogP contribution in [0.3, 0.4) is 0 Å². The molecule has 154 valence electrons. The number of halogens is 2. The molecule has 0 aromatic heterocycles. The van der Waals surface area contributed by atoms with Crippen molar-refractivity contribution < 1.29 is 23.8 Å². The summed E-state index contributed by atoms with van der Waals surface area (Å²) in [5, 5.41) is 0. The van der Waals surface area contributed by atoms with Gasteiger partial charge in [-0.3, -0.25) is 4.79 Å². The standard InChI is InChI=1S/C21H21Br2NO5/c1-24(20(25)13-3-7-15(22)8-4-13)17-12-28-19(27-2)11-18(17)29-21(26)14-5-9-16(23)10-6-14/h3-10,17-19H,11-12H2,1-2H3. The van der Waals surface area contributed by atoms with E-state index in [1.165, 1.54) is 7.11 Å². The molecule has 1 amide bonds. The van der Waals surface area contributed by atoms with E-state index >= 15 is 0 Å². The van der Waals surface area contributed by atoms with Crippen molar-refractivity contribution in [1.29, 1.82) is 0 Å². The second-order valence-corrected chi connectivity index (χ2v) is 8.51. The molecule has 1 aliphatic rings. The number of likely N-dealkylation sites (N-methyl/N-ethyl adjacent to an activating group) is 1. The Bertz CT molecular complexity index is 856. The number of hydrogen-bond acceptors (Lipinski definition) is 5. The van der Waals surface area contributed by atoms with Crippen LogP contribution in [0.2, 0.25) is 0 Å². The SMILES string of the molecule is COC1CC(OC(=O)c2ccc(Br)cc2)C(N(C)C(=O)c2ccc(Br)cc2)CO1. The third-order valence-corrected chi connectivity index (χ3v) is 5.87. The fourth-order valence-electron chi connectivity index (χ4n) is 3.12. The summed E-state index contributed by atoms with van der Waals surface area (Å²) < 4.78 is 18.5. The molecular weight excluding hydrogens is 506 g/mol. The first-order chi connectivity index (χ1) is 13.9. The van der Waals surface area contributed by atoms with E-state index in [-0.39, 0.29) is 12.5 Å². The van der Waals surface area contributed by atoms with Crippen LogP contribution in [-0.4, -0.2) is 56.0 Å². The summed E-state index contributed by atoms with van der Waals surface area (Å²) in [5.41, 5.74) is 0.983. The second kappa shape index (κ2) is 9.84. The summed E-state index contributed by atoms with van der Waals surface area (Å²) in [7, 11) is 3.22. The number of benzene rings is 2. The van der Waals surface area contributed by atoms with Crippen molar-refractivity contribution >= 4 is 43.7 Å². The molecule has 0 N–H and O–H groups in total. The first kappa shape index (κ1) is 22.0. The van der Waals surface area contributed by atoms with E-state index in [0.717, 1.165) is 8.95 Å². The zero-order valence-corrected chi connectivity index (χ0v) is 19.2. The first-order valence-corrected chi connectivity index (χ1v) is 10.6. The van der Waals surface area contributed by atoms with E-state index in [1.54, 1.807) is 48.3 Å². The van der Waals surface area contributed by atoms with Crippen LogP contribution in [0.1, 0.15) is 27.1 Å². The largest absolute Gasteiger partial charge is 0.456 e. The molecule has 3 atom stereocenters. The van der Waals surface area contributed by atoms with Crippen LogP contribution in [0.15, 0.2) is 57.5 Å². The number of methoxy groups -OCH3 is 1. The minimum Gasteiger partial charge on any atom is -0.456 e. The van der Waals surface area contributed by atoms with Crippen LogP contribution in [0.25, 0.3) is 0 Å². The number of esters is 1. The second-order valence-electron chi connectivity index (χ2n) is 6.68. The molecule has 1 aliphatic heterocycles. The average molecular weight is 527 g/mol. The molecule has 1 heterocycles. The number of rotatable bonds is 5. The predicted octanol–water partition coefficient (Wildman–Crippen LogP) is 4.27. The zero-order chi connectivity index (χ0) is 21.0. The Labute approximate surface area is 186 Å². The lowest BCUT2D eigenvalue weighted by molar-refractivity contribution is -0.190. The Morgan fingerprint density at radius 1 is 1.00 bits per heavy atom. The van der Waals surface area contributed by atoms with Crippen LogP contribution >= 0.6 is 31.9 Å². The molecule has 29 heavy (non-hydrogen) atoms. The molecule has 8 heteroatoms. The van der Waals surface area contributed by atoms with Crippen molar-refractivity contribution in [2.24, 2.45) is 0 Å². The van der Waals surface area contributed by atoms with Crippen molar-refractivity contribution in [1.82, 2.24) is 4.90 Å². The maximum atomic E-state index is 12.9. The predicted molar refractivity (Wildman–Crippen MR) is 115 cm³/mol. The van der Waals surface area contributed by atoms with Crippen LogP contribution < -0.4 is 0 Å². The van der Waals surface area contributed by atoms with Gasteiger partial charge in [-0.2, -0.15) is 0 Å². The lowest BCUT2D eigenvalue weighted by Crippen LogP contribution is -2.54. The molecule has 0 radical (unpaired) electrons. The van der Waals surface area contributed by atoms with E-state index in [0.29, 0.717) is 17.5 Å². The fraction of sp³-hybridized carbons (Fsp3) is 0.333. The fourth-order valence-corrected chi connectivity index (χ4v) is 3.65. The van der Waals surface area contributed by atoms with E-state index in [2.05, 4.69) is 31.9 Å². The number of carbonyl (C=O) groups excluding carboxylic acids is 2. The molecule has 0 bridgehead atoms. The van der Waals surface area contributed by atoms with Crippen molar-refractivity contribution in [2.45, 2.75) is 24.9 Å². The molecule has 6 nitrogen and oxygen atoms in total. The van der Waals surface area contributed by atoms with E-state index in [9.17, 15) is 9.59 Å². The number of nitrogens with zero attached hydrogens (tertiary/aromatic N) is 1. The average Bonchev–Trinajstić information content (AvgIpc) is 2.73. The van der Waals surface area contributed by atoms with Crippen molar-refractivity contribution in [3.63, 3.8) is 0 Å². The molecule has 3 unspecified atom stereocenters. The van der Waals surface area contributed by atoms with E-state index < -0.39 is 24.4 Å². The molecule has 2 aromatic rings. The Hall–Kier alpha value is -1.74. The summed E-state index contributed by atoms with van der Waals surface area (Å²) in [5.74, 6) is -0.625. The maximum absolute atomic E-state index is 12.9. The van der Waals surface area contributed by atoms with E-state index in [4.69, 9.17) is 14.2 Å². The maximum Gasteiger partial charge on any atom is 0.338 e. The molecule has 2 aromatic carbocycles.